The number of hydrogen-bond acceptors (Lipinski definition) is 1. The smallest absolute Gasteiger partial charge is 0.00489 e. The van der Waals surface area contributed by atoms with Crippen LogP contribution in [0.15, 0.2) is 18.2 Å². The van der Waals surface area contributed by atoms with Gasteiger partial charge in [0.1, 0.15) is 0 Å². The van der Waals surface area contributed by atoms with E-state index in [4.69, 9.17) is 0 Å². The van der Waals surface area contributed by atoms with Gasteiger partial charge in [-0.3, -0.25) is 0 Å². The Kier molecular flexibility index (Phi) is 7.15. The number of unbranched alkanes of at least 4 members (excludes halogenated alkanes) is 1. The van der Waals surface area contributed by atoms with Gasteiger partial charge in [-0.15, -0.1) is 0 Å². The fourth-order valence-corrected chi connectivity index (χ4v) is 2.48. The minimum atomic E-state index is 0.625. The summed E-state index contributed by atoms with van der Waals surface area (Å²) < 4.78 is 0. The highest BCUT2D eigenvalue weighted by molar-refractivity contribution is 5.35. The second-order valence-electron chi connectivity index (χ2n) is 6.08. The SMILES string of the molecule is CCNCCCCc1ccc(C(C)C)cc1C(C)C. The van der Waals surface area contributed by atoms with E-state index in [1.807, 2.05) is 0 Å². The lowest BCUT2D eigenvalue weighted by Gasteiger charge is -2.16. The van der Waals surface area contributed by atoms with E-state index < -0.39 is 0 Å². The maximum Gasteiger partial charge on any atom is -0.00489 e. The molecule has 0 aliphatic rings. The zero-order chi connectivity index (χ0) is 14.3. The molecule has 0 unspecified atom stereocenters. The van der Waals surface area contributed by atoms with Crippen LogP contribution in [0.3, 0.4) is 0 Å². The summed E-state index contributed by atoms with van der Waals surface area (Å²) in [5, 5.41) is 3.40. The molecule has 0 aliphatic carbocycles. The van der Waals surface area contributed by atoms with Crippen molar-refractivity contribution in [3.8, 4) is 0 Å². The molecule has 1 aromatic carbocycles. The largest absolute Gasteiger partial charge is 0.317 e. The van der Waals surface area contributed by atoms with E-state index in [-0.39, 0.29) is 0 Å². The highest BCUT2D eigenvalue weighted by Crippen LogP contribution is 2.25. The highest BCUT2D eigenvalue weighted by atomic mass is 14.8. The van der Waals surface area contributed by atoms with E-state index in [1.165, 1.54) is 24.8 Å². The van der Waals surface area contributed by atoms with E-state index in [0.717, 1.165) is 13.1 Å². The van der Waals surface area contributed by atoms with E-state index in [1.54, 1.807) is 11.1 Å². The lowest BCUT2D eigenvalue weighted by Crippen LogP contribution is -2.14. The van der Waals surface area contributed by atoms with Crippen molar-refractivity contribution in [2.75, 3.05) is 13.1 Å². The fourth-order valence-electron chi connectivity index (χ4n) is 2.48. The summed E-state index contributed by atoms with van der Waals surface area (Å²) >= 11 is 0. The van der Waals surface area contributed by atoms with Crippen LogP contribution in [0.1, 0.15) is 76.0 Å². The molecule has 0 aromatic heterocycles. The summed E-state index contributed by atoms with van der Waals surface area (Å²) in [6, 6.07) is 7.10. The van der Waals surface area contributed by atoms with Crippen molar-refractivity contribution >= 4 is 0 Å². The number of benzene rings is 1. The molecule has 0 aliphatic heterocycles. The van der Waals surface area contributed by atoms with Gasteiger partial charge < -0.3 is 5.32 Å². The Hall–Kier alpha value is -0.820. The van der Waals surface area contributed by atoms with Crippen molar-refractivity contribution in [2.24, 2.45) is 0 Å². The van der Waals surface area contributed by atoms with Gasteiger partial charge in [-0.2, -0.15) is 0 Å². The average Bonchev–Trinajstić information content (AvgIpc) is 2.38. The second kappa shape index (κ2) is 8.37. The Labute approximate surface area is 119 Å². The molecule has 0 saturated carbocycles. The number of aryl methyl sites for hydroxylation is 1. The molecule has 0 radical (unpaired) electrons. The first-order valence-electron chi connectivity index (χ1n) is 7.89. The van der Waals surface area contributed by atoms with Crippen LogP contribution in [0.4, 0.5) is 0 Å². The topological polar surface area (TPSA) is 12.0 Å². The molecule has 0 fully saturated rings. The summed E-state index contributed by atoms with van der Waals surface area (Å²) in [7, 11) is 0. The number of hydrogen-bond donors (Lipinski definition) is 1. The van der Waals surface area contributed by atoms with Gasteiger partial charge in [0.25, 0.3) is 0 Å². The Morgan fingerprint density at radius 2 is 1.74 bits per heavy atom. The summed E-state index contributed by atoms with van der Waals surface area (Å²) in [5.74, 6) is 1.25. The molecule has 1 aromatic rings. The standard InChI is InChI=1S/C18H31N/c1-6-19-12-8-7-9-16-10-11-17(14(2)3)13-18(16)15(4)5/h10-11,13-15,19H,6-9,12H2,1-5H3. The fraction of sp³-hybridized carbons (Fsp3) is 0.667. The Morgan fingerprint density at radius 3 is 2.32 bits per heavy atom. The summed E-state index contributed by atoms with van der Waals surface area (Å²) in [6.07, 6.45) is 3.78. The van der Waals surface area contributed by atoms with Crippen LogP contribution in [-0.2, 0) is 6.42 Å². The van der Waals surface area contributed by atoms with E-state index >= 15 is 0 Å². The van der Waals surface area contributed by atoms with Gasteiger partial charge in [0.05, 0.1) is 0 Å². The number of nitrogens with one attached hydrogen (secondary N) is 1. The van der Waals surface area contributed by atoms with Gasteiger partial charge in [0, 0.05) is 0 Å². The van der Waals surface area contributed by atoms with Crippen LogP contribution in [-0.4, -0.2) is 13.1 Å². The lowest BCUT2D eigenvalue weighted by atomic mass is 9.89. The highest BCUT2D eigenvalue weighted by Gasteiger charge is 2.09. The molecule has 19 heavy (non-hydrogen) atoms. The molecule has 1 rings (SSSR count). The van der Waals surface area contributed by atoms with Crippen LogP contribution in [0, 0.1) is 0 Å². The summed E-state index contributed by atoms with van der Waals surface area (Å²) in [6.45, 7) is 13.6. The molecular weight excluding hydrogens is 230 g/mol. The molecule has 0 atom stereocenters. The molecule has 0 spiro atoms. The normalized spacial score (nSPS) is 11.5. The first-order chi connectivity index (χ1) is 9.06. The number of rotatable bonds is 8. The summed E-state index contributed by atoms with van der Waals surface area (Å²) in [4.78, 5) is 0. The zero-order valence-corrected chi connectivity index (χ0v) is 13.4. The lowest BCUT2D eigenvalue weighted by molar-refractivity contribution is 0.637. The van der Waals surface area contributed by atoms with Crippen molar-refractivity contribution in [1.82, 2.24) is 5.32 Å². The minimum Gasteiger partial charge on any atom is -0.317 e. The monoisotopic (exact) mass is 261 g/mol. The predicted octanol–water partition coefficient (Wildman–Crippen LogP) is 4.87. The van der Waals surface area contributed by atoms with Crippen LogP contribution in [0.2, 0.25) is 0 Å². The average molecular weight is 261 g/mol. The first kappa shape index (κ1) is 16.2. The van der Waals surface area contributed by atoms with Crippen molar-refractivity contribution < 1.29 is 0 Å². The van der Waals surface area contributed by atoms with Crippen molar-refractivity contribution in [3.63, 3.8) is 0 Å². The Morgan fingerprint density at radius 1 is 1.00 bits per heavy atom. The van der Waals surface area contributed by atoms with Gasteiger partial charge in [-0.25, -0.2) is 0 Å². The van der Waals surface area contributed by atoms with Gasteiger partial charge in [0.2, 0.25) is 0 Å². The third-order valence-electron chi connectivity index (χ3n) is 3.76. The van der Waals surface area contributed by atoms with E-state index in [0.29, 0.717) is 11.8 Å². The van der Waals surface area contributed by atoms with Crippen LogP contribution < -0.4 is 5.32 Å². The maximum absolute atomic E-state index is 3.40. The third kappa shape index (κ3) is 5.36. The minimum absolute atomic E-state index is 0.625. The molecule has 0 bridgehead atoms. The second-order valence-corrected chi connectivity index (χ2v) is 6.08. The van der Waals surface area contributed by atoms with Gasteiger partial charge in [-0.05, 0) is 60.9 Å². The molecule has 0 amide bonds. The maximum atomic E-state index is 3.40. The summed E-state index contributed by atoms with van der Waals surface area (Å²) in [5.41, 5.74) is 4.57. The molecule has 1 heteroatoms. The van der Waals surface area contributed by atoms with Crippen LogP contribution >= 0.6 is 0 Å². The van der Waals surface area contributed by atoms with Crippen LogP contribution in [0.5, 0.6) is 0 Å². The Bertz CT molecular complexity index is 366. The van der Waals surface area contributed by atoms with E-state index in [2.05, 4.69) is 58.1 Å². The van der Waals surface area contributed by atoms with Gasteiger partial charge >= 0.3 is 0 Å². The predicted molar refractivity (Wildman–Crippen MR) is 86.1 cm³/mol. The third-order valence-corrected chi connectivity index (χ3v) is 3.76. The molecule has 0 saturated heterocycles. The van der Waals surface area contributed by atoms with Gasteiger partial charge in [0.15, 0.2) is 0 Å². The van der Waals surface area contributed by atoms with Crippen molar-refractivity contribution in [2.45, 2.75) is 65.7 Å². The van der Waals surface area contributed by atoms with E-state index in [9.17, 15) is 0 Å². The van der Waals surface area contributed by atoms with Gasteiger partial charge in [-0.1, -0.05) is 52.8 Å². The molecule has 0 heterocycles. The quantitative estimate of drug-likeness (QED) is 0.659. The van der Waals surface area contributed by atoms with Crippen molar-refractivity contribution in [3.05, 3.63) is 34.9 Å². The molecular formula is C18H31N. The zero-order valence-electron chi connectivity index (χ0n) is 13.4. The van der Waals surface area contributed by atoms with Crippen molar-refractivity contribution in [1.29, 1.82) is 0 Å². The molecule has 1 N–H and O–H groups in total. The molecule has 108 valence electrons. The Balaban J connectivity index is 2.66. The van der Waals surface area contributed by atoms with Crippen LogP contribution in [0.25, 0.3) is 0 Å². The first-order valence-corrected chi connectivity index (χ1v) is 7.89. The molecule has 1 nitrogen and oxygen atoms in total.